The van der Waals surface area contributed by atoms with Gasteiger partial charge in [0.05, 0.1) is 18.4 Å². The van der Waals surface area contributed by atoms with Crippen molar-refractivity contribution < 1.29 is 19.0 Å². The minimum Gasteiger partial charge on any atom is -0.492 e. The van der Waals surface area contributed by atoms with Crippen LogP contribution in [0.3, 0.4) is 0 Å². The molecular formula is C19H17ClN4O4. The van der Waals surface area contributed by atoms with E-state index < -0.39 is 0 Å². The second-order valence-corrected chi connectivity index (χ2v) is 6.37. The van der Waals surface area contributed by atoms with E-state index in [9.17, 15) is 4.79 Å². The molecule has 1 aromatic heterocycles. The van der Waals surface area contributed by atoms with Crippen LogP contribution in [0.1, 0.15) is 10.5 Å². The summed E-state index contributed by atoms with van der Waals surface area (Å²) in [4.78, 5) is 12.2. The third-order valence-corrected chi connectivity index (χ3v) is 4.20. The summed E-state index contributed by atoms with van der Waals surface area (Å²) in [6.07, 6.45) is 1.55. The number of rotatable bonds is 6. The normalized spacial score (nSPS) is 12.5. The van der Waals surface area contributed by atoms with Gasteiger partial charge in [-0.1, -0.05) is 22.9 Å². The van der Waals surface area contributed by atoms with Gasteiger partial charge < -0.3 is 19.5 Å². The van der Waals surface area contributed by atoms with E-state index in [2.05, 4.69) is 15.6 Å². The van der Waals surface area contributed by atoms with Crippen molar-refractivity contribution in [1.29, 1.82) is 0 Å². The Kier molecular flexibility index (Phi) is 5.29. The summed E-state index contributed by atoms with van der Waals surface area (Å²) in [5.74, 6) is 1.64. The van der Waals surface area contributed by atoms with Gasteiger partial charge in [-0.25, -0.2) is 4.68 Å². The predicted molar refractivity (Wildman–Crippen MR) is 102 cm³/mol. The highest BCUT2D eigenvalue weighted by Crippen LogP contribution is 2.31. The van der Waals surface area contributed by atoms with E-state index in [1.165, 1.54) is 4.68 Å². The van der Waals surface area contributed by atoms with Crippen molar-refractivity contribution in [2.45, 2.75) is 0 Å². The molecule has 2 heterocycles. The monoisotopic (exact) mass is 400 g/mol. The minimum absolute atomic E-state index is 0.206. The molecule has 1 N–H and O–H groups in total. The van der Waals surface area contributed by atoms with Crippen molar-refractivity contribution in [2.75, 3.05) is 26.4 Å². The van der Waals surface area contributed by atoms with Crippen molar-refractivity contribution in [3.8, 4) is 22.9 Å². The number of ether oxygens (including phenoxy) is 3. The smallest absolute Gasteiger partial charge is 0.273 e. The number of benzene rings is 2. The lowest BCUT2D eigenvalue weighted by Gasteiger charge is -2.18. The van der Waals surface area contributed by atoms with Gasteiger partial charge in [0.1, 0.15) is 25.6 Å². The molecule has 0 radical (unpaired) electrons. The van der Waals surface area contributed by atoms with Crippen LogP contribution in [0.5, 0.6) is 17.2 Å². The van der Waals surface area contributed by atoms with E-state index >= 15 is 0 Å². The summed E-state index contributed by atoms with van der Waals surface area (Å²) in [5.41, 5.74) is 0.928. The molecule has 0 atom stereocenters. The first kappa shape index (κ1) is 18.1. The lowest BCUT2D eigenvalue weighted by atomic mass is 10.2. The van der Waals surface area contributed by atoms with E-state index in [1.54, 1.807) is 42.6 Å². The minimum atomic E-state index is -0.335. The molecule has 0 spiro atoms. The van der Waals surface area contributed by atoms with E-state index in [-0.39, 0.29) is 11.6 Å². The number of nitrogens with zero attached hydrogens (tertiary/aromatic N) is 3. The Morgan fingerprint density at radius 3 is 2.89 bits per heavy atom. The zero-order valence-electron chi connectivity index (χ0n) is 14.8. The van der Waals surface area contributed by atoms with Gasteiger partial charge in [0.15, 0.2) is 17.2 Å². The van der Waals surface area contributed by atoms with Gasteiger partial charge in [0.25, 0.3) is 5.91 Å². The van der Waals surface area contributed by atoms with Crippen molar-refractivity contribution in [1.82, 2.24) is 20.3 Å². The Balaban J connectivity index is 1.33. The number of hydrogen-bond donors (Lipinski definition) is 1. The Labute approximate surface area is 166 Å². The highest BCUT2D eigenvalue weighted by atomic mass is 35.5. The van der Waals surface area contributed by atoms with Crippen LogP contribution in [0.15, 0.2) is 48.7 Å². The third-order valence-electron chi connectivity index (χ3n) is 3.97. The van der Waals surface area contributed by atoms with E-state index in [1.807, 2.05) is 6.07 Å². The largest absolute Gasteiger partial charge is 0.492 e. The van der Waals surface area contributed by atoms with Gasteiger partial charge in [0.2, 0.25) is 0 Å². The molecule has 1 aliphatic heterocycles. The molecule has 9 heteroatoms. The highest BCUT2D eigenvalue weighted by molar-refractivity contribution is 6.30. The van der Waals surface area contributed by atoms with Gasteiger partial charge in [-0.15, -0.1) is 5.10 Å². The summed E-state index contributed by atoms with van der Waals surface area (Å²) < 4.78 is 18.1. The maximum Gasteiger partial charge on any atom is 0.273 e. The molecule has 3 aromatic rings. The fourth-order valence-electron chi connectivity index (χ4n) is 2.65. The Bertz CT molecular complexity index is 992. The molecule has 0 aliphatic carbocycles. The number of nitrogens with one attached hydrogen (secondary N) is 1. The fraction of sp³-hybridized carbons (Fsp3) is 0.211. The van der Waals surface area contributed by atoms with E-state index in [4.69, 9.17) is 25.8 Å². The molecule has 1 amide bonds. The van der Waals surface area contributed by atoms with Crippen LogP contribution in [0, 0.1) is 0 Å². The third kappa shape index (κ3) is 4.17. The van der Waals surface area contributed by atoms with E-state index in [0.717, 1.165) is 5.69 Å². The van der Waals surface area contributed by atoms with Crippen LogP contribution in [-0.2, 0) is 0 Å². The van der Waals surface area contributed by atoms with Crippen molar-refractivity contribution in [3.05, 3.63) is 59.4 Å². The predicted octanol–water partition coefficient (Wildman–Crippen LogP) is 2.50. The first-order valence-corrected chi connectivity index (χ1v) is 9.06. The summed E-state index contributed by atoms with van der Waals surface area (Å²) in [7, 11) is 0. The maximum atomic E-state index is 12.2. The molecule has 1 aliphatic rings. The van der Waals surface area contributed by atoms with Crippen LogP contribution < -0.4 is 19.5 Å². The molecule has 0 bridgehead atoms. The first-order chi connectivity index (χ1) is 13.7. The summed E-state index contributed by atoms with van der Waals surface area (Å²) in [6, 6.07) is 12.5. The summed E-state index contributed by atoms with van der Waals surface area (Å²) in [6.45, 7) is 1.66. The van der Waals surface area contributed by atoms with E-state index in [0.29, 0.717) is 48.6 Å². The fourth-order valence-corrected chi connectivity index (χ4v) is 2.83. The average molecular weight is 401 g/mol. The maximum absolute atomic E-state index is 12.2. The molecule has 2 aromatic carbocycles. The molecule has 0 fully saturated rings. The van der Waals surface area contributed by atoms with Crippen LogP contribution in [0.4, 0.5) is 0 Å². The van der Waals surface area contributed by atoms with Crippen LogP contribution in [-0.4, -0.2) is 47.3 Å². The van der Waals surface area contributed by atoms with Gasteiger partial charge in [-0.05, 0) is 30.3 Å². The standard InChI is InChI=1S/C19H17ClN4O4/c20-13-2-1-3-15(10-13)26-7-6-21-19(25)16-12-24(23-22-16)14-4-5-17-18(11-14)28-9-8-27-17/h1-5,10-12H,6-9H2,(H,21,25). The molecule has 0 saturated carbocycles. The second-order valence-electron chi connectivity index (χ2n) is 5.94. The molecule has 4 rings (SSSR count). The number of fused-ring (bicyclic) bond motifs is 1. The number of carbonyl (C=O) groups excluding carboxylic acids is 1. The second kappa shape index (κ2) is 8.18. The van der Waals surface area contributed by atoms with Crippen LogP contribution >= 0.6 is 11.6 Å². The Hall–Kier alpha value is -3.26. The number of halogens is 1. The van der Waals surface area contributed by atoms with Gasteiger partial charge in [-0.2, -0.15) is 0 Å². The quantitative estimate of drug-likeness (QED) is 0.640. The van der Waals surface area contributed by atoms with Gasteiger partial charge >= 0.3 is 0 Å². The average Bonchev–Trinajstić information content (AvgIpc) is 3.21. The number of amides is 1. The van der Waals surface area contributed by atoms with Crippen molar-refractivity contribution >= 4 is 17.5 Å². The molecular weight excluding hydrogens is 384 g/mol. The zero-order valence-corrected chi connectivity index (χ0v) is 15.6. The lowest BCUT2D eigenvalue weighted by Crippen LogP contribution is -2.28. The molecule has 0 saturated heterocycles. The molecule has 144 valence electrons. The molecule has 0 unspecified atom stereocenters. The first-order valence-electron chi connectivity index (χ1n) is 8.68. The summed E-state index contributed by atoms with van der Waals surface area (Å²) >= 11 is 5.90. The summed E-state index contributed by atoms with van der Waals surface area (Å²) in [5, 5.41) is 11.3. The lowest BCUT2D eigenvalue weighted by molar-refractivity contribution is 0.0942. The Morgan fingerprint density at radius 1 is 1.18 bits per heavy atom. The highest BCUT2D eigenvalue weighted by Gasteiger charge is 2.15. The Morgan fingerprint density at radius 2 is 2.04 bits per heavy atom. The SMILES string of the molecule is O=C(NCCOc1cccc(Cl)c1)c1cn(-c2ccc3c(c2)OCCO3)nn1. The molecule has 8 nitrogen and oxygen atoms in total. The number of aromatic nitrogens is 3. The van der Waals surface area contributed by atoms with Crippen LogP contribution in [0.25, 0.3) is 5.69 Å². The van der Waals surface area contributed by atoms with Gasteiger partial charge in [-0.3, -0.25) is 4.79 Å². The number of hydrogen-bond acceptors (Lipinski definition) is 6. The van der Waals surface area contributed by atoms with Gasteiger partial charge in [0, 0.05) is 11.1 Å². The van der Waals surface area contributed by atoms with Crippen molar-refractivity contribution in [2.24, 2.45) is 0 Å². The van der Waals surface area contributed by atoms with Crippen LogP contribution in [0.2, 0.25) is 5.02 Å². The molecule has 28 heavy (non-hydrogen) atoms. The topological polar surface area (TPSA) is 87.5 Å². The number of carbonyl (C=O) groups is 1. The zero-order chi connectivity index (χ0) is 19.3. The van der Waals surface area contributed by atoms with Crippen molar-refractivity contribution in [3.63, 3.8) is 0 Å².